The molecule has 114 valence electrons. The number of para-hydroxylation sites is 1. The number of fused-ring (bicyclic) bond motifs is 2. The molecule has 4 rings (SSSR count). The van der Waals surface area contributed by atoms with Crippen LogP contribution in [0.5, 0.6) is 0 Å². The van der Waals surface area contributed by atoms with Crippen molar-refractivity contribution in [2.24, 2.45) is 0 Å². The summed E-state index contributed by atoms with van der Waals surface area (Å²) < 4.78 is 0. The average Bonchev–Trinajstić information content (AvgIpc) is 2.60. The van der Waals surface area contributed by atoms with Crippen LogP contribution in [0.3, 0.4) is 0 Å². The molecule has 0 unspecified atom stereocenters. The second kappa shape index (κ2) is 5.39. The zero-order valence-corrected chi connectivity index (χ0v) is 12.7. The number of amides is 1. The fraction of sp³-hybridized carbons (Fsp3) is 0.158. The number of hydrogen-bond acceptors (Lipinski definition) is 3. The highest BCUT2D eigenvalue weighted by Gasteiger charge is 2.22. The van der Waals surface area contributed by atoms with Crippen molar-refractivity contribution in [2.45, 2.75) is 13.0 Å². The zero-order chi connectivity index (χ0) is 15.8. The molecule has 1 aliphatic rings. The van der Waals surface area contributed by atoms with Crippen molar-refractivity contribution in [3.63, 3.8) is 0 Å². The van der Waals surface area contributed by atoms with Gasteiger partial charge in [0.05, 0.1) is 16.8 Å². The molecule has 0 spiro atoms. The first kappa shape index (κ1) is 13.8. The van der Waals surface area contributed by atoms with Crippen LogP contribution >= 0.6 is 0 Å². The quantitative estimate of drug-likeness (QED) is 0.703. The van der Waals surface area contributed by atoms with Gasteiger partial charge in [0.2, 0.25) is 0 Å². The van der Waals surface area contributed by atoms with E-state index in [-0.39, 0.29) is 5.91 Å². The van der Waals surface area contributed by atoms with Crippen LogP contribution < -0.4 is 5.73 Å². The molecule has 23 heavy (non-hydrogen) atoms. The number of carbonyl (C=O) groups is 1. The molecule has 0 saturated heterocycles. The molecule has 3 aromatic rings. The van der Waals surface area contributed by atoms with E-state index < -0.39 is 0 Å². The summed E-state index contributed by atoms with van der Waals surface area (Å²) in [4.78, 5) is 19.0. The van der Waals surface area contributed by atoms with Crippen LogP contribution in [0.4, 0.5) is 5.69 Å². The van der Waals surface area contributed by atoms with Gasteiger partial charge in [-0.3, -0.25) is 9.78 Å². The van der Waals surface area contributed by atoms with Crippen molar-refractivity contribution < 1.29 is 4.79 Å². The highest BCUT2D eigenvalue weighted by atomic mass is 16.2. The molecule has 1 aliphatic heterocycles. The van der Waals surface area contributed by atoms with Gasteiger partial charge in [-0.25, -0.2) is 0 Å². The standard InChI is InChI=1S/C19H17N3O/c20-17-7-3-6-14-10-16(11-21-18(14)17)19(23)22-9-8-13-4-1-2-5-15(13)12-22/h1-7,10-11H,8-9,12,20H2. The number of pyridine rings is 1. The van der Waals surface area contributed by atoms with Crippen LogP contribution in [0.25, 0.3) is 10.9 Å². The van der Waals surface area contributed by atoms with Crippen molar-refractivity contribution in [1.29, 1.82) is 0 Å². The minimum absolute atomic E-state index is 0.0244. The Labute approximate surface area is 134 Å². The molecule has 4 heteroatoms. The lowest BCUT2D eigenvalue weighted by Crippen LogP contribution is -2.35. The summed E-state index contributed by atoms with van der Waals surface area (Å²) >= 11 is 0. The van der Waals surface area contributed by atoms with E-state index in [1.165, 1.54) is 11.1 Å². The molecular weight excluding hydrogens is 286 g/mol. The second-order valence-corrected chi connectivity index (χ2v) is 5.89. The van der Waals surface area contributed by atoms with E-state index in [9.17, 15) is 4.79 Å². The van der Waals surface area contributed by atoms with Crippen LogP contribution in [0.1, 0.15) is 21.5 Å². The summed E-state index contributed by atoms with van der Waals surface area (Å²) in [5, 5.41) is 0.897. The molecule has 2 N–H and O–H groups in total. The summed E-state index contributed by atoms with van der Waals surface area (Å²) in [5.74, 6) is 0.0244. The first-order valence-electron chi connectivity index (χ1n) is 7.73. The highest BCUT2D eigenvalue weighted by Crippen LogP contribution is 2.23. The first-order chi connectivity index (χ1) is 11.2. The van der Waals surface area contributed by atoms with E-state index in [4.69, 9.17) is 5.73 Å². The SMILES string of the molecule is Nc1cccc2cc(C(=O)N3CCc4ccccc4C3)cnc12. The number of nitrogen functional groups attached to an aromatic ring is 1. The lowest BCUT2D eigenvalue weighted by Gasteiger charge is -2.28. The van der Waals surface area contributed by atoms with Gasteiger partial charge in [0, 0.05) is 24.7 Å². The summed E-state index contributed by atoms with van der Waals surface area (Å²) in [7, 11) is 0. The number of nitrogens with two attached hydrogens (primary N) is 1. The molecule has 2 aromatic carbocycles. The number of hydrogen-bond donors (Lipinski definition) is 1. The Balaban J connectivity index is 1.65. The monoisotopic (exact) mass is 303 g/mol. The smallest absolute Gasteiger partial charge is 0.255 e. The Hall–Kier alpha value is -2.88. The second-order valence-electron chi connectivity index (χ2n) is 5.89. The lowest BCUT2D eigenvalue weighted by molar-refractivity contribution is 0.0734. The third-order valence-electron chi connectivity index (χ3n) is 4.41. The third-order valence-corrected chi connectivity index (χ3v) is 4.41. The fourth-order valence-corrected chi connectivity index (χ4v) is 3.15. The summed E-state index contributed by atoms with van der Waals surface area (Å²) in [6.45, 7) is 1.40. The summed E-state index contributed by atoms with van der Waals surface area (Å²) in [6.07, 6.45) is 2.53. The Morgan fingerprint density at radius 1 is 1.09 bits per heavy atom. The molecule has 4 nitrogen and oxygen atoms in total. The van der Waals surface area contributed by atoms with E-state index in [1.807, 2.05) is 41.3 Å². The van der Waals surface area contributed by atoms with Gasteiger partial charge < -0.3 is 10.6 Å². The number of aromatic nitrogens is 1. The van der Waals surface area contributed by atoms with Crippen LogP contribution in [0, 0.1) is 0 Å². The number of rotatable bonds is 1. The Morgan fingerprint density at radius 2 is 1.91 bits per heavy atom. The minimum Gasteiger partial charge on any atom is -0.397 e. The molecule has 0 radical (unpaired) electrons. The van der Waals surface area contributed by atoms with Gasteiger partial charge >= 0.3 is 0 Å². The molecule has 0 bridgehead atoms. The summed E-state index contributed by atoms with van der Waals surface area (Å²) in [6, 6.07) is 15.8. The Morgan fingerprint density at radius 3 is 2.78 bits per heavy atom. The van der Waals surface area contributed by atoms with Gasteiger partial charge in [-0.15, -0.1) is 0 Å². The van der Waals surface area contributed by atoms with Crippen LogP contribution in [-0.2, 0) is 13.0 Å². The van der Waals surface area contributed by atoms with Crippen molar-refractivity contribution in [2.75, 3.05) is 12.3 Å². The lowest BCUT2D eigenvalue weighted by atomic mass is 9.99. The molecule has 2 heterocycles. The van der Waals surface area contributed by atoms with Crippen LogP contribution in [-0.4, -0.2) is 22.3 Å². The van der Waals surface area contributed by atoms with Crippen molar-refractivity contribution in [3.05, 3.63) is 71.4 Å². The predicted octanol–water partition coefficient (Wildman–Crippen LogP) is 3.02. The Bertz CT molecular complexity index is 904. The van der Waals surface area contributed by atoms with E-state index in [0.29, 0.717) is 17.8 Å². The third kappa shape index (κ3) is 2.42. The predicted molar refractivity (Wildman–Crippen MR) is 91.0 cm³/mol. The maximum atomic E-state index is 12.8. The van der Waals surface area contributed by atoms with E-state index in [0.717, 1.165) is 23.9 Å². The molecule has 1 amide bonds. The number of anilines is 1. The van der Waals surface area contributed by atoms with Crippen molar-refractivity contribution in [3.8, 4) is 0 Å². The van der Waals surface area contributed by atoms with Gasteiger partial charge in [-0.2, -0.15) is 0 Å². The maximum absolute atomic E-state index is 12.8. The largest absolute Gasteiger partial charge is 0.397 e. The van der Waals surface area contributed by atoms with E-state index in [1.54, 1.807) is 6.20 Å². The number of benzene rings is 2. The average molecular weight is 303 g/mol. The van der Waals surface area contributed by atoms with E-state index in [2.05, 4.69) is 17.1 Å². The van der Waals surface area contributed by atoms with E-state index >= 15 is 0 Å². The molecule has 0 saturated carbocycles. The van der Waals surface area contributed by atoms with Crippen molar-refractivity contribution >= 4 is 22.5 Å². The maximum Gasteiger partial charge on any atom is 0.255 e. The minimum atomic E-state index is 0.0244. The van der Waals surface area contributed by atoms with Crippen LogP contribution in [0.2, 0.25) is 0 Å². The van der Waals surface area contributed by atoms with Gasteiger partial charge in [-0.1, -0.05) is 36.4 Å². The Kier molecular flexibility index (Phi) is 3.23. The number of nitrogens with zero attached hydrogens (tertiary/aromatic N) is 2. The van der Waals surface area contributed by atoms with Gasteiger partial charge in [-0.05, 0) is 29.7 Å². The normalized spacial score (nSPS) is 13.8. The zero-order valence-electron chi connectivity index (χ0n) is 12.7. The molecule has 1 aromatic heterocycles. The number of carbonyl (C=O) groups excluding carboxylic acids is 1. The van der Waals surface area contributed by atoms with Gasteiger partial charge in [0.15, 0.2) is 0 Å². The molecule has 0 atom stereocenters. The van der Waals surface area contributed by atoms with Gasteiger partial charge in [0.1, 0.15) is 0 Å². The fourth-order valence-electron chi connectivity index (χ4n) is 3.15. The summed E-state index contributed by atoms with van der Waals surface area (Å²) in [5.41, 5.74) is 10.5. The van der Waals surface area contributed by atoms with Gasteiger partial charge in [0.25, 0.3) is 5.91 Å². The molecule has 0 fully saturated rings. The highest BCUT2D eigenvalue weighted by molar-refractivity contribution is 5.99. The van der Waals surface area contributed by atoms with Crippen molar-refractivity contribution in [1.82, 2.24) is 9.88 Å². The topological polar surface area (TPSA) is 59.2 Å². The molecule has 0 aliphatic carbocycles. The molecular formula is C19H17N3O. The van der Waals surface area contributed by atoms with Crippen LogP contribution in [0.15, 0.2) is 54.7 Å². The first-order valence-corrected chi connectivity index (χ1v) is 7.73.